The standard InChI is InChI=1S/C22H31N3O5/c1-22(2,3)30-21(27)24-13-16-14-29-10-9-25(16)20(26)11-15-7-8-23-19-6-5-17(28-4)12-18(15)19/h5-8,12,16,20,26H,9-11,13-14H2,1-4H3,(H,24,27). The number of nitrogens with zero attached hydrogens (tertiary/aromatic N) is 2. The molecule has 3 rings (SSSR count). The minimum atomic E-state index is -0.726. The van der Waals surface area contributed by atoms with Gasteiger partial charge in [0.25, 0.3) is 0 Å². The SMILES string of the molecule is COc1ccc2nccc(CC(O)N3CCOCC3CNC(=O)OC(C)(C)C)c2c1. The zero-order chi connectivity index (χ0) is 21.7. The summed E-state index contributed by atoms with van der Waals surface area (Å²) in [7, 11) is 1.63. The molecule has 1 aliphatic heterocycles. The summed E-state index contributed by atoms with van der Waals surface area (Å²) in [5.41, 5.74) is 1.28. The van der Waals surface area contributed by atoms with Gasteiger partial charge < -0.3 is 24.6 Å². The van der Waals surface area contributed by atoms with E-state index in [0.29, 0.717) is 32.7 Å². The van der Waals surface area contributed by atoms with E-state index in [1.807, 2.05) is 49.9 Å². The van der Waals surface area contributed by atoms with Gasteiger partial charge >= 0.3 is 6.09 Å². The molecule has 8 heteroatoms. The van der Waals surface area contributed by atoms with Crippen LogP contribution < -0.4 is 10.1 Å². The van der Waals surface area contributed by atoms with Crippen molar-refractivity contribution in [1.29, 1.82) is 0 Å². The van der Waals surface area contributed by atoms with Crippen LogP contribution >= 0.6 is 0 Å². The number of morpholine rings is 1. The molecule has 1 saturated heterocycles. The predicted octanol–water partition coefficient (Wildman–Crippen LogP) is 2.33. The van der Waals surface area contributed by atoms with Gasteiger partial charge in [0.1, 0.15) is 17.6 Å². The summed E-state index contributed by atoms with van der Waals surface area (Å²) in [5, 5.41) is 14.7. The molecule has 0 bridgehead atoms. The number of aliphatic hydroxyl groups is 1. The molecular weight excluding hydrogens is 386 g/mol. The highest BCUT2D eigenvalue weighted by molar-refractivity contribution is 5.83. The zero-order valence-electron chi connectivity index (χ0n) is 18.1. The van der Waals surface area contributed by atoms with Crippen molar-refractivity contribution in [3.05, 3.63) is 36.0 Å². The van der Waals surface area contributed by atoms with Crippen LogP contribution in [0.2, 0.25) is 0 Å². The van der Waals surface area contributed by atoms with Crippen LogP contribution in [0.5, 0.6) is 5.75 Å². The largest absolute Gasteiger partial charge is 0.497 e. The molecule has 2 N–H and O–H groups in total. The molecule has 164 valence electrons. The molecule has 1 amide bonds. The molecule has 1 aromatic heterocycles. The molecule has 1 fully saturated rings. The summed E-state index contributed by atoms with van der Waals surface area (Å²) in [4.78, 5) is 18.4. The quantitative estimate of drug-likeness (QED) is 0.745. The van der Waals surface area contributed by atoms with E-state index in [1.165, 1.54) is 0 Å². The summed E-state index contributed by atoms with van der Waals surface area (Å²) in [6.07, 6.45) is 0.971. The number of benzene rings is 1. The third kappa shape index (κ3) is 5.81. The predicted molar refractivity (Wildman–Crippen MR) is 114 cm³/mol. The van der Waals surface area contributed by atoms with Gasteiger partial charge in [-0.05, 0) is 50.6 Å². The highest BCUT2D eigenvalue weighted by Gasteiger charge is 2.29. The second kappa shape index (κ2) is 9.59. The molecule has 1 aromatic carbocycles. The third-order valence-corrected chi connectivity index (χ3v) is 4.98. The maximum Gasteiger partial charge on any atom is 0.407 e. The maximum absolute atomic E-state index is 12.0. The smallest absolute Gasteiger partial charge is 0.407 e. The first-order chi connectivity index (χ1) is 14.3. The van der Waals surface area contributed by atoms with Gasteiger partial charge in [0.15, 0.2) is 0 Å². The summed E-state index contributed by atoms with van der Waals surface area (Å²) in [6, 6.07) is 7.48. The van der Waals surface area contributed by atoms with Crippen molar-refractivity contribution < 1.29 is 24.1 Å². The molecule has 0 aliphatic carbocycles. The van der Waals surface area contributed by atoms with Gasteiger partial charge in [-0.25, -0.2) is 4.79 Å². The van der Waals surface area contributed by atoms with Crippen molar-refractivity contribution in [2.24, 2.45) is 0 Å². The number of aliphatic hydroxyl groups excluding tert-OH is 1. The van der Waals surface area contributed by atoms with Crippen LogP contribution in [0.15, 0.2) is 30.5 Å². The van der Waals surface area contributed by atoms with E-state index in [9.17, 15) is 9.90 Å². The van der Waals surface area contributed by atoms with Gasteiger partial charge in [-0.1, -0.05) is 0 Å². The van der Waals surface area contributed by atoms with Crippen molar-refractivity contribution in [1.82, 2.24) is 15.2 Å². The Morgan fingerprint density at radius 1 is 1.40 bits per heavy atom. The molecule has 0 spiro atoms. The summed E-state index contributed by atoms with van der Waals surface area (Å²) >= 11 is 0. The van der Waals surface area contributed by atoms with Gasteiger partial charge in [0.2, 0.25) is 0 Å². The first-order valence-electron chi connectivity index (χ1n) is 10.2. The van der Waals surface area contributed by atoms with Crippen LogP contribution in [-0.2, 0) is 15.9 Å². The first kappa shape index (κ1) is 22.3. The van der Waals surface area contributed by atoms with Gasteiger partial charge in [-0.3, -0.25) is 9.88 Å². The van der Waals surface area contributed by atoms with E-state index in [4.69, 9.17) is 14.2 Å². The first-order valence-corrected chi connectivity index (χ1v) is 10.2. The number of carbonyl (C=O) groups is 1. The van der Waals surface area contributed by atoms with E-state index >= 15 is 0 Å². The van der Waals surface area contributed by atoms with Gasteiger partial charge in [0, 0.05) is 31.1 Å². The lowest BCUT2D eigenvalue weighted by molar-refractivity contribution is -0.0923. The van der Waals surface area contributed by atoms with Crippen molar-refractivity contribution in [3.63, 3.8) is 0 Å². The number of aromatic nitrogens is 1. The number of carbonyl (C=O) groups excluding carboxylic acids is 1. The van der Waals surface area contributed by atoms with E-state index in [-0.39, 0.29) is 6.04 Å². The Hall–Kier alpha value is -2.42. The van der Waals surface area contributed by atoms with Crippen molar-refractivity contribution in [3.8, 4) is 5.75 Å². The number of pyridine rings is 1. The van der Waals surface area contributed by atoms with E-state index in [0.717, 1.165) is 22.2 Å². The fraction of sp³-hybridized carbons (Fsp3) is 0.545. The number of hydrogen-bond acceptors (Lipinski definition) is 7. The number of methoxy groups -OCH3 is 1. The molecular formula is C22H31N3O5. The number of alkyl carbamates (subject to hydrolysis) is 1. The van der Waals surface area contributed by atoms with Crippen LogP contribution in [0, 0.1) is 0 Å². The molecule has 2 atom stereocenters. The number of fused-ring (bicyclic) bond motifs is 1. The lowest BCUT2D eigenvalue weighted by Gasteiger charge is -2.39. The van der Waals surface area contributed by atoms with Crippen molar-refractivity contribution in [2.75, 3.05) is 33.4 Å². The Kier molecular flexibility index (Phi) is 7.12. The van der Waals surface area contributed by atoms with Gasteiger partial charge in [-0.2, -0.15) is 0 Å². The number of hydrogen-bond donors (Lipinski definition) is 2. The molecule has 0 saturated carbocycles. The lowest BCUT2D eigenvalue weighted by Crippen LogP contribution is -2.55. The summed E-state index contributed by atoms with van der Waals surface area (Å²) < 4.78 is 16.2. The van der Waals surface area contributed by atoms with Gasteiger partial charge in [-0.15, -0.1) is 0 Å². The lowest BCUT2D eigenvalue weighted by atomic mass is 10.0. The number of rotatable bonds is 6. The van der Waals surface area contributed by atoms with Crippen LogP contribution in [0.3, 0.4) is 0 Å². The zero-order valence-corrected chi connectivity index (χ0v) is 18.1. The summed E-state index contributed by atoms with van der Waals surface area (Å²) in [6.45, 7) is 7.33. The molecule has 0 radical (unpaired) electrons. The number of nitrogens with one attached hydrogen (secondary N) is 1. The topological polar surface area (TPSA) is 93.2 Å². The highest BCUT2D eigenvalue weighted by Crippen LogP contribution is 2.24. The maximum atomic E-state index is 12.0. The number of amides is 1. The molecule has 2 aromatic rings. The van der Waals surface area contributed by atoms with E-state index < -0.39 is 17.9 Å². The highest BCUT2D eigenvalue weighted by atomic mass is 16.6. The third-order valence-electron chi connectivity index (χ3n) is 4.98. The fourth-order valence-electron chi connectivity index (χ4n) is 3.55. The minimum Gasteiger partial charge on any atom is -0.497 e. The van der Waals surface area contributed by atoms with Crippen LogP contribution in [0.1, 0.15) is 26.3 Å². The molecule has 8 nitrogen and oxygen atoms in total. The van der Waals surface area contributed by atoms with Crippen LogP contribution in [-0.4, -0.2) is 72.4 Å². The monoisotopic (exact) mass is 417 g/mol. The van der Waals surface area contributed by atoms with Crippen molar-refractivity contribution >= 4 is 17.0 Å². The van der Waals surface area contributed by atoms with Gasteiger partial charge in [0.05, 0.1) is 31.9 Å². The Morgan fingerprint density at radius 3 is 2.93 bits per heavy atom. The average Bonchev–Trinajstić information content (AvgIpc) is 2.71. The Bertz CT molecular complexity index is 867. The fourth-order valence-corrected chi connectivity index (χ4v) is 3.55. The van der Waals surface area contributed by atoms with E-state index in [1.54, 1.807) is 13.3 Å². The average molecular weight is 418 g/mol. The Labute approximate surface area is 177 Å². The van der Waals surface area contributed by atoms with E-state index in [2.05, 4.69) is 10.3 Å². The molecule has 2 unspecified atom stereocenters. The normalized spacial score (nSPS) is 18.8. The molecule has 2 heterocycles. The second-order valence-electron chi connectivity index (χ2n) is 8.39. The summed E-state index contributed by atoms with van der Waals surface area (Å²) in [5.74, 6) is 0.747. The van der Waals surface area contributed by atoms with Crippen molar-refractivity contribution in [2.45, 2.75) is 45.1 Å². The van der Waals surface area contributed by atoms with Crippen LogP contribution in [0.25, 0.3) is 10.9 Å². The molecule has 1 aliphatic rings. The Morgan fingerprint density at radius 2 is 2.20 bits per heavy atom. The molecule has 30 heavy (non-hydrogen) atoms. The minimum absolute atomic E-state index is 0.149. The van der Waals surface area contributed by atoms with Crippen LogP contribution in [0.4, 0.5) is 4.79 Å². The number of ether oxygens (including phenoxy) is 3. The Balaban J connectivity index is 1.69. The second-order valence-corrected chi connectivity index (χ2v) is 8.39.